The van der Waals surface area contributed by atoms with Gasteiger partial charge in [0.25, 0.3) is 0 Å². The van der Waals surface area contributed by atoms with Crippen molar-refractivity contribution in [2.75, 3.05) is 24.5 Å². The summed E-state index contributed by atoms with van der Waals surface area (Å²) in [6.07, 6.45) is 3.69. The minimum Gasteiger partial charge on any atom is -0.388 e. The molecule has 0 aromatic heterocycles. The van der Waals surface area contributed by atoms with E-state index in [0.29, 0.717) is 19.1 Å². The third kappa shape index (κ3) is 3.19. The number of fused-ring (bicyclic) bond motifs is 1. The van der Waals surface area contributed by atoms with Crippen molar-refractivity contribution in [2.45, 2.75) is 44.2 Å². The van der Waals surface area contributed by atoms with E-state index in [1.54, 1.807) is 0 Å². The quantitative estimate of drug-likeness (QED) is 0.775. The first-order valence-electron chi connectivity index (χ1n) is 8.16. The SMILES string of the molecule is CC1Cc2ccccc2N1CCNC(=O)NCC1(O)CCC1. The lowest BCUT2D eigenvalue weighted by Crippen LogP contribution is -2.50. The summed E-state index contributed by atoms with van der Waals surface area (Å²) >= 11 is 0. The molecule has 120 valence electrons. The average molecular weight is 303 g/mol. The van der Waals surface area contributed by atoms with Crippen LogP contribution in [0.5, 0.6) is 0 Å². The molecule has 1 aromatic rings. The zero-order valence-electron chi connectivity index (χ0n) is 13.1. The van der Waals surface area contributed by atoms with Gasteiger partial charge in [0.15, 0.2) is 0 Å². The van der Waals surface area contributed by atoms with E-state index in [9.17, 15) is 9.90 Å². The Labute approximate surface area is 131 Å². The molecular weight excluding hydrogens is 278 g/mol. The van der Waals surface area contributed by atoms with E-state index in [1.165, 1.54) is 11.3 Å². The van der Waals surface area contributed by atoms with Crippen molar-refractivity contribution in [2.24, 2.45) is 0 Å². The normalized spacial score (nSPS) is 21.9. The van der Waals surface area contributed by atoms with Crippen LogP contribution >= 0.6 is 0 Å². The van der Waals surface area contributed by atoms with Gasteiger partial charge in [-0.05, 0) is 44.2 Å². The van der Waals surface area contributed by atoms with Crippen LogP contribution in [0.25, 0.3) is 0 Å². The van der Waals surface area contributed by atoms with Gasteiger partial charge in [0.1, 0.15) is 0 Å². The smallest absolute Gasteiger partial charge is 0.314 e. The minimum atomic E-state index is -0.667. The monoisotopic (exact) mass is 303 g/mol. The zero-order chi connectivity index (χ0) is 15.6. The van der Waals surface area contributed by atoms with E-state index in [4.69, 9.17) is 0 Å². The molecule has 5 nitrogen and oxygen atoms in total. The maximum absolute atomic E-state index is 11.8. The third-order valence-electron chi connectivity index (χ3n) is 4.85. The van der Waals surface area contributed by atoms with E-state index in [0.717, 1.165) is 32.2 Å². The Morgan fingerprint density at radius 2 is 2.14 bits per heavy atom. The number of para-hydroxylation sites is 1. The van der Waals surface area contributed by atoms with Crippen molar-refractivity contribution < 1.29 is 9.90 Å². The number of amides is 2. The molecule has 3 rings (SSSR count). The van der Waals surface area contributed by atoms with E-state index in [2.05, 4.69) is 46.7 Å². The van der Waals surface area contributed by atoms with Crippen molar-refractivity contribution in [3.05, 3.63) is 29.8 Å². The Balaban J connectivity index is 1.42. The van der Waals surface area contributed by atoms with Gasteiger partial charge < -0.3 is 20.6 Å². The van der Waals surface area contributed by atoms with Crippen molar-refractivity contribution in [1.82, 2.24) is 10.6 Å². The van der Waals surface area contributed by atoms with Crippen molar-refractivity contribution >= 4 is 11.7 Å². The molecule has 1 saturated carbocycles. The summed E-state index contributed by atoms with van der Waals surface area (Å²) in [6, 6.07) is 8.73. The van der Waals surface area contributed by atoms with E-state index in [-0.39, 0.29) is 6.03 Å². The average Bonchev–Trinajstić information content (AvgIpc) is 2.79. The van der Waals surface area contributed by atoms with Crippen LogP contribution in [0.15, 0.2) is 24.3 Å². The van der Waals surface area contributed by atoms with Crippen LogP contribution in [-0.2, 0) is 6.42 Å². The molecule has 0 bridgehead atoms. The number of carbonyl (C=O) groups is 1. The number of rotatable bonds is 5. The Kier molecular flexibility index (Phi) is 4.25. The minimum absolute atomic E-state index is 0.194. The first kappa shape index (κ1) is 15.2. The molecule has 1 aliphatic carbocycles. The molecule has 1 heterocycles. The molecule has 1 aliphatic heterocycles. The molecule has 2 amide bonds. The lowest BCUT2D eigenvalue weighted by molar-refractivity contribution is -0.0290. The first-order chi connectivity index (χ1) is 10.6. The Morgan fingerprint density at radius 1 is 1.36 bits per heavy atom. The maximum Gasteiger partial charge on any atom is 0.314 e. The van der Waals surface area contributed by atoms with Crippen LogP contribution in [-0.4, -0.2) is 42.4 Å². The molecule has 3 N–H and O–H groups in total. The fraction of sp³-hybridized carbons (Fsp3) is 0.588. The van der Waals surface area contributed by atoms with Gasteiger partial charge in [0.05, 0.1) is 5.60 Å². The van der Waals surface area contributed by atoms with Crippen LogP contribution in [0.2, 0.25) is 0 Å². The Morgan fingerprint density at radius 3 is 2.86 bits per heavy atom. The summed E-state index contributed by atoms with van der Waals surface area (Å²) < 4.78 is 0. The standard InChI is InChI=1S/C17H25N3O2/c1-13-11-14-5-2-3-6-15(14)20(13)10-9-18-16(21)19-12-17(22)7-4-8-17/h2-3,5-6,13,22H,4,7-12H2,1H3,(H2,18,19,21). The highest BCUT2D eigenvalue weighted by Gasteiger charge is 2.34. The van der Waals surface area contributed by atoms with Gasteiger partial charge >= 0.3 is 6.03 Å². The van der Waals surface area contributed by atoms with Crippen LogP contribution in [0.1, 0.15) is 31.7 Å². The summed E-state index contributed by atoms with van der Waals surface area (Å²) in [5.74, 6) is 0. The fourth-order valence-electron chi connectivity index (χ4n) is 3.33. The number of hydrogen-bond acceptors (Lipinski definition) is 3. The van der Waals surface area contributed by atoms with E-state index < -0.39 is 5.60 Å². The maximum atomic E-state index is 11.8. The summed E-state index contributed by atoms with van der Waals surface area (Å²) in [7, 11) is 0. The van der Waals surface area contributed by atoms with E-state index >= 15 is 0 Å². The zero-order valence-corrected chi connectivity index (χ0v) is 13.1. The van der Waals surface area contributed by atoms with Crippen LogP contribution in [0.4, 0.5) is 10.5 Å². The van der Waals surface area contributed by atoms with Crippen LogP contribution in [0.3, 0.4) is 0 Å². The molecule has 5 heteroatoms. The fourth-order valence-corrected chi connectivity index (χ4v) is 3.33. The molecule has 0 spiro atoms. The molecule has 1 aromatic carbocycles. The van der Waals surface area contributed by atoms with Gasteiger partial charge in [-0.15, -0.1) is 0 Å². The molecule has 1 fully saturated rings. The van der Waals surface area contributed by atoms with Crippen molar-refractivity contribution in [3.63, 3.8) is 0 Å². The lowest BCUT2D eigenvalue weighted by atomic mass is 9.80. The molecule has 1 unspecified atom stereocenters. The van der Waals surface area contributed by atoms with E-state index in [1.807, 2.05) is 0 Å². The summed E-state index contributed by atoms with van der Waals surface area (Å²) in [5.41, 5.74) is 1.99. The largest absolute Gasteiger partial charge is 0.388 e. The second kappa shape index (κ2) is 6.16. The van der Waals surface area contributed by atoms with Crippen molar-refractivity contribution in [1.29, 1.82) is 0 Å². The number of anilines is 1. The van der Waals surface area contributed by atoms with Gasteiger partial charge in [-0.2, -0.15) is 0 Å². The summed E-state index contributed by atoms with van der Waals surface area (Å²) in [6.45, 7) is 3.97. The second-order valence-electron chi connectivity index (χ2n) is 6.56. The molecule has 22 heavy (non-hydrogen) atoms. The topological polar surface area (TPSA) is 64.6 Å². The first-order valence-corrected chi connectivity index (χ1v) is 8.16. The number of nitrogens with zero attached hydrogens (tertiary/aromatic N) is 1. The van der Waals surface area contributed by atoms with Gasteiger partial charge in [0, 0.05) is 31.4 Å². The third-order valence-corrected chi connectivity index (χ3v) is 4.85. The number of nitrogens with one attached hydrogen (secondary N) is 2. The highest BCUT2D eigenvalue weighted by molar-refractivity contribution is 5.74. The predicted octanol–water partition coefficient (Wildman–Crippen LogP) is 1.65. The Hall–Kier alpha value is -1.75. The molecule has 0 radical (unpaired) electrons. The lowest BCUT2D eigenvalue weighted by Gasteiger charge is -2.36. The predicted molar refractivity (Wildman–Crippen MR) is 87.2 cm³/mol. The number of carbonyl (C=O) groups excluding carboxylic acids is 1. The number of urea groups is 1. The summed E-state index contributed by atoms with van der Waals surface area (Å²) in [4.78, 5) is 14.1. The van der Waals surface area contributed by atoms with Crippen LogP contribution in [0, 0.1) is 0 Å². The Bertz CT molecular complexity index is 542. The second-order valence-corrected chi connectivity index (χ2v) is 6.56. The molecule has 2 aliphatic rings. The molecule has 0 saturated heterocycles. The van der Waals surface area contributed by atoms with Gasteiger partial charge in [0.2, 0.25) is 0 Å². The number of aliphatic hydroxyl groups is 1. The van der Waals surface area contributed by atoms with Crippen molar-refractivity contribution in [3.8, 4) is 0 Å². The van der Waals surface area contributed by atoms with Gasteiger partial charge in [-0.1, -0.05) is 18.2 Å². The van der Waals surface area contributed by atoms with Gasteiger partial charge in [-0.3, -0.25) is 0 Å². The summed E-state index contributed by atoms with van der Waals surface area (Å²) in [5, 5.41) is 15.6. The highest BCUT2D eigenvalue weighted by atomic mass is 16.3. The number of benzene rings is 1. The van der Waals surface area contributed by atoms with Gasteiger partial charge in [-0.25, -0.2) is 4.79 Å². The molecule has 1 atom stereocenters. The van der Waals surface area contributed by atoms with Crippen LogP contribution < -0.4 is 15.5 Å². The highest BCUT2D eigenvalue weighted by Crippen LogP contribution is 2.31. The molecular formula is C17H25N3O2. The number of hydrogen-bond donors (Lipinski definition) is 3.